The maximum absolute atomic E-state index is 13.3. The molecular weight excluding hydrogens is 177 g/mol. The van der Waals surface area contributed by atoms with Crippen LogP contribution in [0.15, 0.2) is 18.2 Å². The summed E-state index contributed by atoms with van der Waals surface area (Å²) in [4.78, 5) is 3.03. The van der Waals surface area contributed by atoms with E-state index >= 15 is 0 Å². The zero-order valence-corrected chi connectivity index (χ0v) is 7.24. The first-order chi connectivity index (χ1) is 5.68. The van der Waals surface area contributed by atoms with Gasteiger partial charge in [0.2, 0.25) is 0 Å². The van der Waals surface area contributed by atoms with Gasteiger partial charge < -0.3 is 4.98 Å². The van der Waals surface area contributed by atoms with Gasteiger partial charge >= 0.3 is 0 Å². The molecule has 12 heavy (non-hydrogen) atoms. The van der Waals surface area contributed by atoms with Crippen molar-refractivity contribution in [2.75, 3.05) is 0 Å². The van der Waals surface area contributed by atoms with Crippen molar-refractivity contribution in [3.8, 4) is 0 Å². The Kier molecular flexibility index (Phi) is 1.58. The van der Waals surface area contributed by atoms with Gasteiger partial charge in [-0.25, -0.2) is 4.39 Å². The highest BCUT2D eigenvalue weighted by atomic mass is 35.5. The number of rotatable bonds is 0. The van der Waals surface area contributed by atoms with Crippen LogP contribution in [0.1, 0.15) is 5.69 Å². The quantitative estimate of drug-likeness (QED) is 0.645. The molecule has 0 amide bonds. The van der Waals surface area contributed by atoms with Crippen LogP contribution < -0.4 is 0 Å². The third kappa shape index (κ3) is 0.994. The van der Waals surface area contributed by atoms with Crippen molar-refractivity contribution in [2.24, 2.45) is 0 Å². The molecule has 0 radical (unpaired) electrons. The van der Waals surface area contributed by atoms with Crippen LogP contribution >= 0.6 is 11.6 Å². The van der Waals surface area contributed by atoms with Crippen molar-refractivity contribution in [2.45, 2.75) is 6.92 Å². The Balaban J connectivity index is 2.89. The molecular formula is C9H7ClFN. The van der Waals surface area contributed by atoms with Crippen LogP contribution in [0.25, 0.3) is 10.9 Å². The molecule has 1 N–H and O–H groups in total. The van der Waals surface area contributed by atoms with Gasteiger partial charge in [0.15, 0.2) is 5.82 Å². The van der Waals surface area contributed by atoms with Crippen molar-refractivity contribution in [3.63, 3.8) is 0 Å². The number of benzene rings is 1. The fourth-order valence-electron chi connectivity index (χ4n) is 1.28. The van der Waals surface area contributed by atoms with E-state index in [1.807, 2.05) is 6.92 Å². The molecule has 0 fully saturated rings. The number of aryl methyl sites for hydroxylation is 1. The third-order valence-corrected chi connectivity index (χ3v) is 2.12. The Hall–Kier alpha value is -1.02. The van der Waals surface area contributed by atoms with Gasteiger partial charge in [-0.1, -0.05) is 11.6 Å². The molecule has 0 atom stereocenters. The van der Waals surface area contributed by atoms with Crippen molar-refractivity contribution in [3.05, 3.63) is 34.7 Å². The fraction of sp³-hybridized carbons (Fsp3) is 0.111. The summed E-state index contributed by atoms with van der Waals surface area (Å²) in [7, 11) is 0. The first-order valence-electron chi connectivity index (χ1n) is 3.62. The average Bonchev–Trinajstić information content (AvgIpc) is 2.39. The smallest absolute Gasteiger partial charge is 0.151 e. The highest BCUT2D eigenvalue weighted by molar-refractivity contribution is 6.31. The molecule has 0 spiro atoms. The van der Waals surface area contributed by atoms with Crippen molar-refractivity contribution >= 4 is 22.5 Å². The van der Waals surface area contributed by atoms with Crippen molar-refractivity contribution in [1.82, 2.24) is 4.98 Å². The van der Waals surface area contributed by atoms with Crippen LogP contribution in [0.4, 0.5) is 4.39 Å². The van der Waals surface area contributed by atoms with Crippen molar-refractivity contribution in [1.29, 1.82) is 0 Å². The Morgan fingerprint density at radius 1 is 1.42 bits per heavy atom. The predicted molar refractivity (Wildman–Crippen MR) is 48.0 cm³/mol. The lowest BCUT2D eigenvalue weighted by atomic mass is 10.2. The Bertz CT molecular complexity index is 433. The molecule has 62 valence electrons. The summed E-state index contributed by atoms with van der Waals surface area (Å²) in [5, 5.41) is 0.724. The van der Waals surface area contributed by atoms with E-state index in [1.54, 1.807) is 18.2 Å². The lowest BCUT2D eigenvalue weighted by molar-refractivity contribution is 0.640. The first kappa shape index (κ1) is 7.62. The zero-order chi connectivity index (χ0) is 8.72. The van der Waals surface area contributed by atoms with E-state index in [4.69, 9.17) is 11.6 Å². The van der Waals surface area contributed by atoms with E-state index in [2.05, 4.69) is 4.98 Å². The Morgan fingerprint density at radius 2 is 2.17 bits per heavy atom. The summed E-state index contributed by atoms with van der Waals surface area (Å²) in [5.74, 6) is -0.349. The molecule has 2 aromatic rings. The molecule has 0 saturated carbocycles. The zero-order valence-electron chi connectivity index (χ0n) is 6.49. The number of nitrogens with one attached hydrogen (secondary N) is 1. The van der Waals surface area contributed by atoms with Gasteiger partial charge in [0.25, 0.3) is 0 Å². The molecule has 1 nitrogen and oxygen atoms in total. The predicted octanol–water partition coefficient (Wildman–Crippen LogP) is 3.27. The maximum Gasteiger partial charge on any atom is 0.151 e. The molecule has 0 saturated heterocycles. The number of fused-ring (bicyclic) bond motifs is 1. The number of halogens is 2. The van der Waals surface area contributed by atoms with Gasteiger partial charge in [0.1, 0.15) is 0 Å². The lowest BCUT2D eigenvalue weighted by Crippen LogP contribution is -1.76. The highest BCUT2D eigenvalue weighted by Crippen LogP contribution is 2.24. The van der Waals surface area contributed by atoms with E-state index < -0.39 is 0 Å². The van der Waals surface area contributed by atoms with Crippen LogP contribution in [0, 0.1) is 12.7 Å². The van der Waals surface area contributed by atoms with Gasteiger partial charge in [-0.05, 0) is 25.1 Å². The highest BCUT2D eigenvalue weighted by Gasteiger charge is 2.06. The number of hydrogen-bond acceptors (Lipinski definition) is 0. The second kappa shape index (κ2) is 2.49. The maximum atomic E-state index is 13.3. The Labute approximate surface area is 74.2 Å². The minimum Gasteiger partial charge on any atom is -0.359 e. The molecule has 0 unspecified atom stereocenters. The van der Waals surface area contributed by atoms with Gasteiger partial charge in [-0.15, -0.1) is 0 Å². The second-order valence-electron chi connectivity index (χ2n) is 2.77. The SMILES string of the molecule is Cc1cc2c(F)c(Cl)ccc2[nH]1. The number of aromatic amines is 1. The molecule has 0 aliphatic heterocycles. The topological polar surface area (TPSA) is 15.8 Å². The lowest BCUT2D eigenvalue weighted by Gasteiger charge is -1.93. The summed E-state index contributed by atoms with van der Waals surface area (Å²) < 4.78 is 13.3. The molecule has 3 heteroatoms. The minimum absolute atomic E-state index is 0.168. The van der Waals surface area contributed by atoms with Crippen LogP contribution in [0.2, 0.25) is 5.02 Å². The summed E-state index contributed by atoms with van der Waals surface area (Å²) in [6.45, 7) is 1.88. The molecule has 1 heterocycles. The van der Waals surface area contributed by atoms with Crippen LogP contribution in [0.3, 0.4) is 0 Å². The molecule has 0 aliphatic rings. The minimum atomic E-state index is -0.349. The monoisotopic (exact) mass is 183 g/mol. The van der Waals surface area contributed by atoms with Crippen LogP contribution in [0.5, 0.6) is 0 Å². The fourth-order valence-corrected chi connectivity index (χ4v) is 1.45. The van der Waals surface area contributed by atoms with Crippen molar-refractivity contribution < 1.29 is 4.39 Å². The largest absolute Gasteiger partial charge is 0.359 e. The first-order valence-corrected chi connectivity index (χ1v) is 3.99. The van der Waals surface area contributed by atoms with E-state index in [1.165, 1.54) is 0 Å². The molecule has 1 aromatic heterocycles. The third-order valence-electron chi connectivity index (χ3n) is 1.83. The van der Waals surface area contributed by atoms with Gasteiger partial charge in [-0.2, -0.15) is 0 Å². The van der Waals surface area contributed by atoms with E-state index in [9.17, 15) is 4.39 Å². The van der Waals surface area contributed by atoms with Gasteiger partial charge in [0.05, 0.1) is 5.02 Å². The standard InChI is InChI=1S/C9H7ClFN/c1-5-4-6-8(12-5)3-2-7(10)9(6)11/h2-4,12H,1H3. The molecule has 0 aliphatic carbocycles. The number of hydrogen-bond donors (Lipinski definition) is 1. The number of H-pyrrole nitrogens is 1. The number of aromatic nitrogens is 1. The summed E-state index contributed by atoms with van der Waals surface area (Å²) in [6, 6.07) is 5.07. The molecule has 1 aromatic carbocycles. The average molecular weight is 184 g/mol. The molecule has 0 bridgehead atoms. The second-order valence-corrected chi connectivity index (χ2v) is 3.18. The van der Waals surface area contributed by atoms with Gasteiger partial charge in [-0.3, -0.25) is 0 Å². The van der Waals surface area contributed by atoms with Crippen LogP contribution in [-0.4, -0.2) is 4.98 Å². The van der Waals surface area contributed by atoms with E-state index in [-0.39, 0.29) is 10.8 Å². The Morgan fingerprint density at radius 3 is 2.92 bits per heavy atom. The molecule has 2 rings (SSSR count). The summed E-state index contributed by atoms with van der Waals surface area (Å²) >= 11 is 5.61. The summed E-state index contributed by atoms with van der Waals surface area (Å²) in [6.07, 6.45) is 0. The van der Waals surface area contributed by atoms with Gasteiger partial charge in [0, 0.05) is 16.6 Å². The normalized spacial score (nSPS) is 10.9. The van der Waals surface area contributed by atoms with E-state index in [0.29, 0.717) is 5.39 Å². The van der Waals surface area contributed by atoms with Crippen LogP contribution in [-0.2, 0) is 0 Å². The summed E-state index contributed by atoms with van der Waals surface area (Å²) in [5.41, 5.74) is 1.72. The van der Waals surface area contributed by atoms with E-state index in [0.717, 1.165) is 11.2 Å².